The van der Waals surface area contributed by atoms with Crippen LogP contribution >= 0.6 is 0 Å². The smallest absolute Gasteiger partial charge is 0.220 e. The fraction of sp³-hybridized carbons (Fsp3) is 0.903. The van der Waals surface area contributed by atoms with Gasteiger partial charge in [-0.2, -0.15) is 0 Å². The van der Waals surface area contributed by atoms with Crippen LogP contribution in [0.5, 0.6) is 0 Å². The predicted octanol–water partition coefficient (Wildman–Crippen LogP) is 3.88. The maximum absolute atomic E-state index is 12.7. The van der Waals surface area contributed by atoms with Crippen molar-refractivity contribution >= 4 is 5.91 Å². The zero-order valence-electron chi connectivity index (χ0n) is 25.1. The van der Waals surface area contributed by atoms with E-state index in [2.05, 4.69) is 19.2 Å². The molecule has 9 nitrogen and oxygen atoms in total. The zero-order valence-corrected chi connectivity index (χ0v) is 25.1. The molecule has 2 unspecified atom stereocenters. The van der Waals surface area contributed by atoms with E-state index in [1.165, 1.54) is 64.2 Å². The van der Waals surface area contributed by atoms with Crippen LogP contribution < -0.4 is 5.32 Å². The van der Waals surface area contributed by atoms with Crippen molar-refractivity contribution < 1.29 is 39.8 Å². The van der Waals surface area contributed by atoms with E-state index >= 15 is 0 Å². The molecule has 1 aliphatic heterocycles. The number of ether oxygens (including phenoxy) is 2. The molecule has 236 valence electrons. The fourth-order valence-corrected chi connectivity index (χ4v) is 4.92. The summed E-state index contributed by atoms with van der Waals surface area (Å²) in [6.45, 7) is 3.66. The third kappa shape index (κ3) is 15.8. The lowest BCUT2D eigenvalue weighted by atomic mass is 9.99. The second-order valence-corrected chi connectivity index (χ2v) is 11.3. The number of carbonyl (C=O) groups excluding carboxylic acids is 1. The molecule has 0 spiro atoms. The van der Waals surface area contributed by atoms with Gasteiger partial charge in [0.15, 0.2) is 6.29 Å². The molecule has 0 radical (unpaired) electrons. The monoisotopic (exact) mass is 573 g/mol. The molecule has 1 aliphatic rings. The molecule has 9 heteroatoms. The Morgan fingerprint density at radius 2 is 1.38 bits per heavy atom. The van der Waals surface area contributed by atoms with Crippen LogP contribution in [0.3, 0.4) is 0 Å². The largest absolute Gasteiger partial charge is 0.394 e. The third-order valence-corrected chi connectivity index (χ3v) is 7.61. The van der Waals surface area contributed by atoms with Crippen molar-refractivity contribution in [3.05, 3.63) is 12.2 Å². The van der Waals surface area contributed by atoms with E-state index in [0.29, 0.717) is 6.42 Å². The molecule has 0 aromatic rings. The minimum absolute atomic E-state index is 0.186. The summed E-state index contributed by atoms with van der Waals surface area (Å²) in [6.07, 6.45) is 14.2. The molecular formula is C31H59NO8. The number of allylic oxidation sites excluding steroid dienone is 1. The minimum atomic E-state index is -1.56. The molecule has 1 amide bonds. The van der Waals surface area contributed by atoms with Gasteiger partial charge in [-0.05, 0) is 19.3 Å². The van der Waals surface area contributed by atoms with E-state index in [9.17, 15) is 30.3 Å². The molecule has 0 bridgehead atoms. The van der Waals surface area contributed by atoms with Gasteiger partial charge < -0.3 is 40.3 Å². The zero-order chi connectivity index (χ0) is 29.6. The second-order valence-electron chi connectivity index (χ2n) is 11.3. The predicted molar refractivity (Wildman–Crippen MR) is 157 cm³/mol. The average molecular weight is 574 g/mol. The van der Waals surface area contributed by atoms with E-state index in [4.69, 9.17) is 9.47 Å². The molecule has 1 saturated heterocycles. The molecular weight excluding hydrogens is 514 g/mol. The maximum atomic E-state index is 12.7. The number of aliphatic hydroxyl groups excluding tert-OH is 5. The Hall–Kier alpha value is -1.07. The Labute approximate surface area is 242 Å². The normalized spacial score (nSPS) is 24.8. The van der Waals surface area contributed by atoms with Crippen molar-refractivity contribution in [1.29, 1.82) is 0 Å². The van der Waals surface area contributed by atoms with Crippen LogP contribution in [0.15, 0.2) is 12.2 Å². The quantitative estimate of drug-likeness (QED) is 0.0753. The first-order valence-corrected chi connectivity index (χ1v) is 15.9. The van der Waals surface area contributed by atoms with Gasteiger partial charge in [0.25, 0.3) is 0 Å². The van der Waals surface area contributed by atoms with Crippen molar-refractivity contribution in [2.24, 2.45) is 0 Å². The molecule has 40 heavy (non-hydrogen) atoms. The van der Waals surface area contributed by atoms with Crippen LogP contribution in [-0.2, 0) is 14.3 Å². The Morgan fingerprint density at radius 1 is 0.825 bits per heavy atom. The first-order valence-electron chi connectivity index (χ1n) is 15.9. The SMILES string of the molecule is CCCCCCCCC/C=C/[C@@H](O)[C@H](CO[C@@H]1O[C@H](CO)[C@H](O)C(O)C1O)NC(=O)CCCCCCCCCC. The van der Waals surface area contributed by atoms with Gasteiger partial charge in [0.1, 0.15) is 24.4 Å². The Bertz CT molecular complexity index is 647. The lowest BCUT2D eigenvalue weighted by molar-refractivity contribution is -0.302. The topological polar surface area (TPSA) is 149 Å². The van der Waals surface area contributed by atoms with Crippen LogP contribution in [0.4, 0.5) is 0 Å². The molecule has 1 heterocycles. The number of unbranched alkanes of at least 4 members (excludes halogenated alkanes) is 14. The highest BCUT2D eigenvalue weighted by molar-refractivity contribution is 5.76. The third-order valence-electron chi connectivity index (χ3n) is 7.61. The summed E-state index contributed by atoms with van der Waals surface area (Å²) in [5.74, 6) is -0.187. The van der Waals surface area contributed by atoms with Crippen molar-refractivity contribution in [3.8, 4) is 0 Å². The molecule has 7 atom stereocenters. The highest BCUT2D eigenvalue weighted by Crippen LogP contribution is 2.22. The Kier molecular flexibility index (Phi) is 21.7. The fourth-order valence-electron chi connectivity index (χ4n) is 4.92. The number of hydrogen-bond acceptors (Lipinski definition) is 8. The Morgan fingerprint density at radius 3 is 1.95 bits per heavy atom. The van der Waals surface area contributed by atoms with Crippen LogP contribution in [0.2, 0.25) is 0 Å². The molecule has 6 N–H and O–H groups in total. The van der Waals surface area contributed by atoms with Gasteiger partial charge in [0.05, 0.1) is 25.4 Å². The minimum Gasteiger partial charge on any atom is -0.394 e. The first-order chi connectivity index (χ1) is 19.3. The van der Waals surface area contributed by atoms with Gasteiger partial charge in [-0.15, -0.1) is 0 Å². The summed E-state index contributed by atoms with van der Waals surface area (Å²) >= 11 is 0. The van der Waals surface area contributed by atoms with Gasteiger partial charge in [0, 0.05) is 6.42 Å². The molecule has 0 aliphatic carbocycles. The number of hydrogen-bond donors (Lipinski definition) is 6. The van der Waals surface area contributed by atoms with Gasteiger partial charge in [-0.25, -0.2) is 0 Å². The highest BCUT2D eigenvalue weighted by Gasteiger charge is 2.44. The highest BCUT2D eigenvalue weighted by atomic mass is 16.7. The summed E-state index contributed by atoms with van der Waals surface area (Å²) in [4.78, 5) is 12.7. The lowest BCUT2D eigenvalue weighted by Crippen LogP contribution is -2.60. The van der Waals surface area contributed by atoms with Gasteiger partial charge in [0.2, 0.25) is 5.91 Å². The van der Waals surface area contributed by atoms with Gasteiger partial charge >= 0.3 is 0 Å². The Balaban J connectivity index is 2.58. The van der Waals surface area contributed by atoms with Crippen molar-refractivity contribution in [2.45, 2.75) is 166 Å². The second kappa shape index (κ2) is 23.5. The van der Waals surface area contributed by atoms with E-state index < -0.39 is 49.5 Å². The van der Waals surface area contributed by atoms with Crippen LogP contribution in [0, 0.1) is 0 Å². The van der Waals surface area contributed by atoms with Crippen LogP contribution in [0.25, 0.3) is 0 Å². The van der Waals surface area contributed by atoms with E-state index in [1.54, 1.807) is 6.08 Å². The summed E-state index contributed by atoms with van der Waals surface area (Å²) < 4.78 is 11.1. The summed E-state index contributed by atoms with van der Waals surface area (Å²) in [5, 5.41) is 53.4. The van der Waals surface area contributed by atoms with Gasteiger partial charge in [-0.3, -0.25) is 4.79 Å². The number of rotatable bonds is 24. The summed E-state index contributed by atoms with van der Waals surface area (Å²) in [6, 6.07) is -0.792. The number of carbonyl (C=O) groups is 1. The molecule has 0 saturated carbocycles. The van der Waals surface area contributed by atoms with Crippen LogP contribution in [0.1, 0.15) is 123 Å². The van der Waals surface area contributed by atoms with Gasteiger partial charge in [-0.1, -0.05) is 109 Å². The maximum Gasteiger partial charge on any atom is 0.220 e. The molecule has 1 rings (SSSR count). The van der Waals surface area contributed by atoms with Crippen molar-refractivity contribution in [1.82, 2.24) is 5.32 Å². The number of amides is 1. The van der Waals surface area contributed by atoms with E-state index in [0.717, 1.165) is 38.5 Å². The van der Waals surface area contributed by atoms with Crippen LogP contribution in [-0.4, -0.2) is 87.5 Å². The number of aliphatic hydroxyl groups is 5. The molecule has 0 aromatic carbocycles. The first kappa shape index (κ1) is 37.0. The van der Waals surface area contributed by atoms with Crippen molar-refractivity contribution in [2.75, 3.05) is 13.2 Å². The summed E-state index contributed by atoms with van der Waals surface area (Å²) in [7, 11) is 0. The molecule has 0 aromatic heterocycles. The average Bonchev–Trinajstić information content (AvgIpc) is 2.95. The van der Waals surface area contributed by atoms with Crippen molar-refractivity contribution in [3.63, 3.8) is 0 Å². The standard InChI is InChI=1S/C31H59NO8/c1-3-5-7-9-11-13-14-16-18-20-25(34)24(32-27(35)21-19-17-15-12-10-8-6-4-2)23-39-31-30(38)29(37)28(36)26(22-33)40-31/h18,20,24-26,28-31,33-34,36-38H,3-17,19,21-23H2,1-2H3,(H,32,35)/b20-18+/t24-,25+,26+,28-,29?,30?,31+/m0/s1. The van der Waals surface area contributed by atoms with E-state index in [-0.39, 0.29) is 12.5 Å². The molecule has 1 fully saturated rings. The lowest BCUT2D eigenvalue weighted by Gasteiger charge is -2.40. The summed E-state index contributed by atoms with van der Waals surface area (Å²) in [5.41, 5.74) is 0. The number of nitrogens with one attached hydrogen (secondary N) is 1. The van der Waals surface area contributed by atoms with E-state index in [1.807, 2.05) is 6.08 Å².